The van der Waals surface area contributed by atoms with Crippen molar-refractivity contribution in [3.8, 4) is 0 Å². The first-order chi connectivity index (χ1) is 9.81. The van der Waals surface area contributed by atoms with Crippen LogP contribution in [0, 0.1) is 0 Å². The Morgan fingerprint density at radius 3 is 2.43 bits per heavy atom. The van der Waals surface area contributed by atoms with Gasteiger partial charge in [0.1, 0.15) is 0 Å². The van der Waals surface area contributed by atoms with Gasteiger partial charge in [0, 0.05) is 19.3 Å². The van der Waals surface area contributed by atoms with Crippen molar-refractivity contribution >= 4 is 11.6 Å². The number of anilines is 1. The molecule has 0 aliphatic carbocycles. The predicted molar refractivity (Wildman–Crippen MR) is 76.8 cm³/mol. The van der Waals surface area contributed by atoms with Gasteiger partial charge in [-0.25, -0.2) is 4.99 Å². The SMILES string of the molecule is CC1=C(C(F)(F)F)CN(C)C(Nc2ccc(CN)cc2)=N1. The quantitative estimate of drug-likeness (QED) is 0.882. The Hall–Kier alpha value is -2.02. The van der Waals surface area contributed by atoms with E-state index in [9.17, 15) is 13.2 Å². The molecule has 0 amide bonds. The molecule has 4 nitrogen and oxygen atoms in total. The molecule has 0 atom stereocenters. The number of aliphatic imine (C=N–C) groups is 1. The first kappa shape index (κ1) is 15.4. The van der Waals surface area contributed by atoms with Gasteiger partial charge >= 0.3 is 6.18 Å². The molecule has 0 saturated carbocycles. The van der Waals surface area contributed by atoms with Crippen molar-refractivity contribution in [3.63, 3.8) is 0 Å². The van der Waals surface area contributed by atoms with E-state index < -0.39 is 11.7 Å². The molecule has 0 unspecified atom stereocenters. The van der Waals surface area contributed by atoms with Crippen LogP contribution in [0.1, 0.15) is 12.5 Å². The molecule has 114 valence electrons. The molecule has 7 heteroatoms. The summed E-state index contributed by atoms with van der Waals surface area (Å²) in [4.78, 5) is 5.45. The molecule has 0 radical (unpaired) electrons. The maximum atomic E-state index is 12.8. The van der Waals surface area contributed by atoms with Gasteiger partial charge in [-0.3, -0.25) is 0 Å². The van der Waals surface area contributed by atoms with Crippen LogP contribution in [-0.2, 0) is 6.54 Å². The number of alkyl halides is 3. The first-order valence-electron chi connectivity index (χ1n) is 6.44. The third-order valence-electron chi connectivity index (χ3n) is 3.26. The van der Waals surface area contributed by atoms with Crippen molar-refractivity contribution in [2.24, 2.45) is 10.7 Å². The molecular weight excluding hydrogens is 281 g/mol. The Morgan fingerprint density at radius 2 is 1.90 bits per heavy atom. The molecule has 1 heterocycles. The fourth-order valence-electron chi connectivity index (χ4n) is 2.01. The molecule has 0 fully saturated rings. The lowest BCUT2D eigenvalue weighted by molar-refractivity contribution is -0.0955. The fourth-order valence-corrected chi connectivity index (χ4v) is 2.01. The summed E-state index contributed by atoms with van der Waals surface area (Å²) in [5.41, 5.74) is 6.62. The van der Waals surface area contributed by atoms with Gasteiger partial charge in [-0.2, -0.15) is 13.2 Å². The molecule has 1 aromatic carbocycles. The van der Waals surface area contributed by atoms with E-state index in [1.54, 1.807) is 7.05 Å². The minimum Gasteiger partial charge on any atom is -0.341 e. The fraction of sp³-hybridized carbons (Fsp3) is 0.357. The smallest absolute Gasteiger partial charge is 0.341 e. The number of allylic oxidation sites excluding steroid dienone is 1. The summed E-state index contributed by atoms with van der Waals surface area (Å²) in [6.07, 6.45) is -4.35. The summed E-state index contributed by atoms with van der Waals surface area (Å²) in [6, 6.07) is 7.35. The van der Waals surface area contributed by atoms with Gasteiger partial charge in [-0.15, -0.1) is 0 Å². The lowest BCUT2D eigenvalue weighted by Crippen LogP contribution is -2.40. The van der Waals surface area contributed by atoms with Gasteiger partial charge < -0.3 is 16.0 Å². The number of hydrogen-bond donors (Lipinski definition) is 2. The third kappa shape index (κ3) is 3.55. The van der Waals surface area contributed by atoms with Crippen LogP contribution in [0.4, 0.5) is 18.9 Å². The molecule has 1 aliphatic rings. The zero-order valence-electron chi connectivity index (χ0n) is 11.8. The number of nitrogens with zero attached hydrogens (tertiary/aromatic N) is 2. The van der Waals surface area contributed by atoms with E-state index in [1.807, 2.05) is 24.3 Å². The third-order valence-corrected chi connectivity index (χ3v) is 3.26. The first-order valence-corrected chi connectivity index (χ1v) is 6.44. The second kappa shape index (κ2) is 5.77. The lowest BCUT2D eigenvalue weighted by Gasteiger charge is -2.29. The van der Waals surface area contributed by atoms with E-state index in [-0.39, 0.29) is 12.2 Å². The average Bonchev–Trinajstić information content (AvgIpc) is 2.42. The number of guanidine groups is 1. The van der Waals surface area contributed by atoms with Gasteiger partial charge in [-0.05, 0) is 24.6 Å². The number of hydrogen-bond acceptors (Lipinski definition) is 4. The van der Waals surface area contributed by atoms with Crippen molar-refractivity contribution < 1.29 is 13.2 Å². The van der Waals surface area contributed by atoms with Crippen molar-refractivity contribution in [2.75, 3.05) is 18.9 Å². The highest BCUT2D eigenvalue weighted by Gasteiger charge is 2.38. The molecule has 3 N–H and O–H groups in total. The maximum Gasteiger partial charge on any atom is 0.416 e. The van der Waals surface area contributed by atoms with E-state index in [1.165, 1.54) is 11.8 Å². The van der Waals surface area contributed by atoms with Crippen LogP contribution >= 0.6 is 0 Å². The van der Waals surface area contributed by atoms with Gasteiger partial charge in [0.2, 0.25) is 5.96 Å². The molecule has 0 saturated heterocycles. The largest absolute Gasteiger partial charge is 0.416 e. The van der Waals surface area contributed by atoms with Gasteiger partial charge in [0.25, 0.3) is 0 Å². The number of nitrogens with two attached hydrogens (primary N) is 1. The molecule has 0 aromatic heterocycles. The topological polar surface area (TPSA) is 53.6 Å². The van der Waals surface area contributed by atoms with Crippen LogP contribution in [0.15, 0.2) is 40.5 Å². The second-order valence-corrected chi connectivity index (χ2v) is 4.88. The number of benzene rings is 1. The predicted octanol–water partition coefficient (Wildman–Crippen LogP) is 2.69. The maximum absolute atomic E-state index is 12.8. The van der Waals surface area contributed by atoms with E-state index in [4.69, 9.17) is 5.73 Å². The number of rotatable bonds is 2. The minimum atomic E-state index is -4.35. The van der Waals surface area contributed by atoms with E-state index in [0.717, 1.165) is 11.3 Å². The molecule has 0 spiro atoms. The second-order valence-electron chi connectivity index (χ2n) is 4.88. The summed E-state index contributed by atoms with van der Waals surface area (Å²) < 4.78 is 38.4. The molecule has 0 bridgehead atoms. The Morgan fingerprint density at radius 1 is 1.29 bits per heavy atom. The monoisotopic (exact) mass is 298 g/mol. The molecule has 2 rings (SSSR count). The summed E-state index contributed by atoms with van der Waals surface area (Å²) in [7, 11) is 1.57. The Bertz CT molecular complexity index is 573. The zero-order chi connectivity index (χ0) is 15.6. The molecule has 1 aliphatic heterocycles. The summed E-state index contributed by atoms with van der Waals surface area (Å²) >= 11 is 0. The average molecular weight is 298 g/mol. The van der Waals surface area contributed by atoms with Crippen LogP contribution in [0.5, 0.6) is 0 Å². The molecule has 1 aromatic rings. The summed E-state index contributed by atoms with van der Waals surface area (Å²) in [5.74, 6) is 0.390. The number of likely N-dealkylation sites (N-methyl/N-ethyl adjacent to an activating group) is 1. The normalized spacial score (nSPS) is 16.1. The highest BCUT2D eigenvalue weighted by atomic mass is 19.4. The Labute approximate surface area is 121 Å². The van der Waals surface area contributed by atoms with Gasteiger partial charge in [-0.1, -0.05) is 12.1 Å². The summed E-state index contributed by atoms with van der Waals surface area (Å²) in [5, 5.41) is 3.02. The van der Waals surface area contributed by atoms with E-state index in [0.29, 0.717) is 12.5 Å². The van der Waals surface area contributed by atoms with E-state index in [2.05, 4.69) is 10.3 Å². The van der Waals surface area contributed by atoms with Crippen LogP contribution in [0.25, 0.3) is 0 Å². The zero-order valence-corrected chi connectivity index (χ0v) is 11.8. The van der Waals surface area contributed by atoms with Crippen LogP contribution in [-0.4, -0.2) is 30.6 Å². The molecular formula is C14H17F3N4. The van der Waals surface area contributed by atoms with Gasteiger partial charge in [0.05, 0.1) is 17.8 Å². The van der Waals surface area contributed by atoms with Crippen molar-refractivity contribution in [1.82, 2.24) is 4.90 Å². The standard InChI is InChI=1S/C14H17F3N4/c1-9-12(14(15,16)17)8-21(2)13(19-9)20-11-5-3-10(7-18)4-6-11/h3-6H,7-8,18H2,1-2H3,(H,19,20). The lowest BCUT2D eigenvalue weighted by atomic mass is 10.1. The number of nitrogens with one attached hydrogen (secondary N) is 1. The molecule has 21 heavy (non-hydrogen) atoms. The Kier molecular flexibility index (Phi) is 4.22. The highest BCUT2D eigenvalue weighted by Crippen LogP contribution is 2.31. The Balaban J connectivity index is 2.21. The van der Waals surface area contributed by atoms with Crippen molar-refractivity contribution in [2.45, 2.75) is 19.6 Å². The van der Waals surface area contributed by atoms with Crippen LogP contribution < -0.4 is 11.1 Å². The summed E-state index contributed by atoms with van der Waals surface area (Å²) in [6.45, 7) is 1.59. The highest BCUT2D eigenvalue weighted by molar-refractivity contribution is 5.95. The van der Waals surface area contributed by atoms with Crippen LogP contribution in [0.2, 0.25) is 0 Å². The van der Waals surface area contributed by atoms with Gasteiger partial charge in [0.15, 0.2) is 0 Å². The van der Waals surface area contributed by atoms with Crippen molar-refractivity contribution in [3.05, 3.63) is 41.1 Å². The van der Waals surface area contributed by atoms with E-state index >= 15 is 0 Å². The number of halogens is 3. The van der Waals surface area contributed by atoms with Crippen LogP contribution in [0.3, 0.4) is 0 Å². The minimum absolute atomic E-state index is 0.0123. The van der Waals surface area contributed by atoms with Crippen molar-refractivity contribution in [1.29, 1.82) is 0 Å².